The Hall–Kier alpha value is -2.56. The van der Waals surface area contributed by atoms with Crippen molar-refractivity contribution in [3.8, 4) is 0 Å². The summed E-state index contributed by atoms with van der Waals surface area (Å²) in [6.07, 6.45) is 3.24. The maximum atomic E-state index is 13.8. The van der Waals surface area contributed by atoms with Gasteiger partial charge in [0, 0.05) is 23.6 Å². The molecule has 1 aromatic heterocycles. The third kappa shape index (κ3) is 2.67. The van der Waals surface area contributed by atoms with Gasteiger partial charge in [-0.1, -0.05) is 12.1 Å². The Bertz CT molecular complexity index is 789. The van der Waals surface area contributed by atoms with Crippen LogP contribution < -0.4 is 5.32 Å². The molecule has 0 radical (unpaired) electrons. The van der Waals surface area contributed by atoms with E-state index in [2.05, 4.69) is 15.3 Å². The van der Waals surface area contributed by atoms with Crippen LogP contribution in [0.5, 0.6) is 0 Å². The summed E-state index contributed by atoms with van der Waals surface area (Å²) in [5.41, 5.74) is 2.59. The average molecular weight is 285 g/mol. The number of nitrogens with one attached hydrogen (secondary N) is 1. The Morgan fingerprint density at radius 2 is 1.76 bits per heavy atom. The summed E-state index contributed by atoms with van der Waals surface area (Å²) < 4.78 is 27.0. The molecule has 1 heterocycles. The van der Waals surface area contributed by atoms with E-state index in [1.165, 1.54) is 6.07 Å². The van der Waals surface area contributed by atoms with Crippen LogP contribution in [0.25, 0.3) is 11.0 Å². The smallest absolute Gasteiger partial charge is 0.164 e. The number of hydrogen-bond donors (Lipinski definition) is 1. The van der Waals surface area contributed by atoms with Gasteiger partial charge in [0.2, 0.25) is 0 Å². The van der Waals surface area contributed by atoms with Crippen molar-refractivity contribution in [1.82, 2.24) is 9.97 Å². The molecule has 1 N–H and O–H groups in total. The lowest BCUT2D eigenvalue weighted by atomic mass is 10.1. The lowest BCUT2D eigenvalue weighted by molar-refractivity contribution is 0.494. The Kier molecular flexibility index (Phi) is 3.48. The van der Waals surface area contributed by atoms with E-state index in [4.69, 9.17) is 0 Å². The van der Waals surface area contributed by atoms with Gasteiger partial charge in [-0.25, -0.2) is 8.78 Å². The molecule has 0 aliphatic rings. The Morgan fingerprint density at radius 1 is 1.00 bits per heavy atom. The maximum absolute atomic E-state index is 13.8. The molecular weight excluding hydrogens is 272 g/mol. The van der Waals surface area contributed by atoms with E-state index in [0.717, 1.165) is 22.8 Å². The Labute approximate surface area is 120 Å². The molecule has 1 atom stereocenters. The Balaban J connectivity index is 1.89. The molecule has 0 bridgehead atoms. The average Bonchev–Trinajstić information content (AvgIpc) is 2.50. The van der Waals surface area contributed by atoms with Crippen LogP contribution in [0.1, 0.15) is 18.5 Å². The zero-order valence-corrected chi connectivity index (χ0v) is 11.3. The van der Waals surface area contributed by atoms with Gasteiger partial charge >= 0.3 is 0 Å². The molecular formula is C16H13F2N3. The molecule has 3 rings (SSSR count). The van der Waals surface area contributed by atoms with Gasteiger partial charge < -0.3 is 5.32 Å². The molecule has 3 nitrogen and oxygen atoms in total. The standard InChI is InChI=1S/C16H13F2N3/c1-10(12-3-2-4-13(17)16(12)18)21-11-5-6-14-15(9-11)20-8-7-19-14/h2-10,21H,1H3. The fourth-order valence-corrected chi connectivity index (χ4v) is 2.24. The Morgan fingerprint density at radius 3 is 2.57 bits per heavy atom. The van der Waals surface area contributed by atoms with Crippen molar-refractivity contribution in [2.24, 2.45) is 0 Å². The molecule has 0 fully saturated rings. The molecule has 5 heteroatoms. The minimum Gasteiger partial charge on any atom is -0.378 e. The van der Waals surface area contributed by atoms with E-state index in [9.17, 15) is 8.78 Å². The van der Waals surface area contributed by atoms with Crippen LogP contribution in [-0.2, 0) is 0 Å². The predicted molar refractivity (Wildman–Crippen MR) is 77.9 cm³/mol. The van der Waals surface area contributed by atoms with Crippen molar-refractivity contribution in [2.75, 3.05) is 5.32 Å². The molecule has 106 valence electrons. The summed E-state index contributed by atoms with van der Waals surface area (Å²) in [4.78, 5) is 8.40. The zero-order chi connectivity index (χ0) is 14.8. The highest BCUT2D eigenvalue weighted by atomic mass is 19.2. The van der Waals surface area contributed by atoms with Gasteiger partial charge in [-0.15, -0.1) is 0 Å². The van der Waals surface area contributed by atoms with Crippen LogP contribution in [0.3, 0.4) is 0 Å². The number of halogens is 2. The van der Waals surface area contributed by atoms with Gasteiger partial charge in [0.25, 0.3) is 0 Å². The highest BCUT2D eigenvalue weighted by Crippen LogP contribution is 2.24. The molecule has 0 spiro atoms. The van der Waals surface area contributed by atoms with E-state index in [-0.39, 0.29) is 11.6 Å². The molecule has 0 amide bonds. The van der Waals surface area contributed by atoms with E-state index in [1.54, 1.807) is 25.4 Å². The lowest BCUT2D eigenvalue weighted by Crippen LogP contribution is -2.09. The number of nitrogens with zero attached hydrogens (tertiary/aromatic N) is 2. The first kappa shape index (κ1) is 13.4. The van der Waals surface area contributed by atoms with Crippen molar-refractivity contribution < 1.29 is 8.78 Å². The summed E-state index contributed by atoms with van der Waals surface area (Å²) in [5.74, 6) is -1.66. The van der Waals surface area contributed by atoms with Crippen molar-refractivity contribution >= 4 is 16.7 Å². The minimum absolute atomic E-state index is 0.286. The summed E-state index contributed by atoms with van der Waals surface area (Å²) in [6.45, 7) is 1.78. The molecule has 1 unspecified atom stereocenters. The number of benzene rings is 2. The summed E-state index contributed by atoms with van der Waals surface area (Å²) in [7, 11) is 0. The first-order chi connectivity index (χ1) is 10.1. The fourth-order valence-electron chi connectivity index (χ4n) is 2.24. The molecule has 21 heavy (non-hydrogen) atoms. The molecule has 0 saturated carbocycles. The normalized spacial score (nSPS) is 12.3. The fraction of sp³-hybridized carbons (Fsp3) is 0.125. The van der Waals surface area contributed by atoms with Gasteiger partial charge in [-0.3, -0.25) is 9.97 Å². The summed E-state index contributed by atoms with van der Waals surface area (Å²) in [5, 5.41) is 3.14. The summed E-state index contributed by atoms with van der Waals surface area (Å²) >= 11 is 0. The quantitative estimate of drug-likeness (QED) is 0.788. The number of aromatic nitrogens is 2. The lowest BCUT2D eigenvalue weighted by Gasteiger charge is -2.16. The van der Waals surface area contributed by atoms with Crippen molar-refractivity contribution in [3.05, 3.63) is 66.0 Å². The van der Waals surface area contributed by atoms with Crippen LogP contribution in [-0.4, -0.2) is 9.97 Å². The molecule has 0 aliphatic heterocycles. The molecule has 0 aliphatic carbocycles. The van der Waals surface area contributed by atoms with Crippen LogP contribution in [0, 0.1) is 11.6 Å². The molecule has 2 aromatic carbocycles. The van der Waals surface area contributed by atoms with Crippen molar-refractivity contribution in [3.63, 3.8) is 0 Å². The SMILES string of the molecule is CC(Nc1ccc2nccnc2c1)c1cccc(F)c1F. The number of rotatable bonds is 3. The van der Waals surface area contributed by atoms with Gasteiger partial charge in [0.05, 0.1) is 17.1 Å². The first-order valence-electron chi connectivity index (χ1n) is 6.56. The zero-order valence-electron chi connectivity index (χ0n) is 11.3. The van der Waals surface area contributed by atoms with Gasteiger partial charge in [-0.05, 0) is 31.2 Å². The second-order valence-electron chi connectivity index (χ2n) is 4.77. The topological polar surface area (TPSA) is 37.8 Å². The first-order valence-corrected chi connectivity index (χ1v) is 6.56. The maximum Gasteiger partial charge on any atom is 0.164 e. The van der Waals surface area contributed by atoms with Crippen molar-refractivity contribution in [1.29, 1.82) is 0 Å². The highest BCUT2D eigenvalue weighted by Gasteiger charge is 2.14. The van der Waals surface area contributed by atoms with Gasteiger partial charge in [0.15, 0.2) is 11.6 Å². The van der Waals surface area contributed by atoms with E-state index in [1.807, 2.05) is 18.2 Å². The summed E-state index contributed by atoms with van der Waals surface area (Å²) in [6, 6.07) is 9.31. The predicted octanol–water partition coefficient (Wildman–Crippen LogP) is 4.08. The largest absolute Gasteiger partial charge is 0.378 e. The minimum atomic E-state index is -0.842. The monoisotopic (exact) mass is 285 g/mol. The molecule has 3 aromatic rings. The van der Waals surface area contributed by atoms with Gasteiger partial charge in [-0.2, -0.15) is 0 Å². The number of anilines is 1. The van der Waals surface area contributed by atoms with Gasteiger partial charge in [0.1, 0.15) is 0 Å². The third-order valence-corrected chi connectivity index (χ3v) is 3.30. The number of fused-ring (bicyclic) bond motifs is 1. The number of hydrogen-bond acceptors (Lipinski definition) is 3. The third-order valence-electron chi connectivity index (χ3n) is 3.30. The van der Waals surface area contributed by atoms with E-state index < -0.39 is 11.6 Å². The van der Waals surface area contributed by atoms with Crippen LogP contribution in [0.4, 0.5) is 14.5 Å². The van der Waals surface area contributed by atoms with Crippen molar-refractivity contribution in [2.45, 2.75) is 13.0 Å². The highest BCUT2D eigenvalue weighted by molar-refractivity contribution is 5.78. The van der Waals surface area contributed by atoms with Crippen LogP contribution >= 0.6 is 0 Å². The second-order valence-corrected chi connectivity index (χ2v) is 4.77. The van der Waals surface area contributed by atoms with E-state index >= 15 is 0 Å². The van der Waals surface area contributed by atoms with Crippen LogP contribution in [0.2, 0.25) is 0 Å². The van der Waals surface area contributed by atoms with E-state index in [0.29, 0.717) is 0 Å². The van der Waals surface area contributed by atoms with Crippen LogP contribution in [0.15, 0.2) is 48.8 Å². The second kappa shape index (κ2) is 5.44. The molecule has 0 saturated heterocycles.